The zero-order valence-electron chi connectivity index (χ0n) is 18.6. The minimum Gasteiger partial charge on any atom is -0.471 e. The third-order valence-corrected chi connectivity index (χ3v) is 5.13. The Labute approximate surface area is 184 Å². The van der Waals surface area contributed by atoms with Gasteiger partial charge < -0.3 is 20.1 Å². The van der Waals surface area contributed by atoms with Crippen LogP contribution in [0.2, 0.25) is 0 Å². The topological polar surface area (TPSA) is 105 Å². The monoisotopic (exact) mass is 448 g/mol. The lowest BCUT2D eigenvalue weighted by molar-refractivity contribution is -0.130. The molecule has 2 aromatic rings. The molecule has 0 aromatic carbocycles. The lowest BCUT2D eigenvalue weighted by atomic mass is 10.1. The van der Waals surface area contributed by atoms with E-state index >= 15 is 0 Å². The smallest absolute Gasteiger partial charge is 0.278 e. The number of hydrogen-bond acceptors (Lipinski definition) is 6. The molecule has 0 saturated heterocycles. The average molecular weight is 448 g/mol. The van der Waals surface area contributed by atoms with E-state index in [-0.39, 0.29) is 30.2 Å². The highest BCUT2D eigenvalue weighted by molar-refractivity contribution is 6.02. The highest BCUT2D eigenvalue weighted by Gasteiger charge is 2.35. The number of halogens is 2. The van der Waals surface area contributed by atoms with Gasteiger partial charge in [-0.05, 0) is 45.4 Å². The van der Waals surface area contributed by atoms with Gasteiger partial charge in [0, 0.05) is 36.0 Å². The molecule has 0 spiro atoms. The summed E-state index contributed by atoms with van der Waals surface area (Å²) in [4.78, 5) is 35.1. The zero-order valence-corrected chi connectivity index (χ0v) is 18.6. The van der Waals surface area contributed by atoms with E-state index in [1.165, 1.54) is 26.2 Å². The van der Waals surface area contributed by atoms with Crippen molar-refractivity contribution in [2.24, 2.45) is 0 Å². The number of aromatic nitrogens is 2. The molecule has 0 saturated carbocycles. The Morgan fingerprint density at radius 3 is 2.62 bits per heavy atom. The van der Waals surface area contributed by atoms with Crippen molar-refractivity contribution in [3.8, 4) is 5.88 Å². The maximum absolute atomic E-state index is 13.1. The number of fused-ring (bicyclic) bond motifs is 1. The molecule has 3 rings (SSSR count). The van der Waals surface area contributed by atoms with E-state index in [1.807, 2.05) is 6.92 Å². The zero-order chi connectivity index (χ0) is 23.8. The van der Waals surface area contributed by atoms with Crippen molar-refractivity contribution < 1.29 is 28.2 Å². The normalized spacial score (nSPS) is 14.9. The first kappa shape index (κ1) is 23.5. The number of pyridine rings is 2. The molecule has 2 amide bonds. The molecule has 1 unspecified atom stereocenters. The van der Waals surface area contributed by atoms with Gasteiger partial charge in [0.1, 0.15) is 11.4 Å². The number of ether oxygens (including phenoxy) is 1. The van der Waals surface area contributed by atoms with Gasteiger partial charge in [0.25, 0.3) is 17.7 Å². The number of aliphatic hydroxyl groups is 1. The fraction of sp³-hybridized carbons (Fsp3) is 0.455. The van der Waals surface area contributed by atoms with Crippen LogP contribution >= 0.6 is 0 Å². The summed E-state index contributed by atoms with van der Waals surface area (Å²) in [6.07, 6.45) is 2.92. The number of hydrogen-bond donors (Lipinski definition) is 2. The van der Waals surface area contributed by atoms with Gasteiger partial charge in [-0.3, -0.25) is 9.59 Å². The fourth-order valence-electron chi connectivity index (χ4n) is 3.27. The summed E-state index contributed by atoms with van der Waals surface area (Å²) >= 11 is 0. The van der Waals surface area contributed by atoms with Gasteiger partial charge >= 0.3 is 0 Å². The molecule has 0 bridgehead atoms. The second-order valence-corrected chi connectivity index (χ2v) is 8.56. The molecule has 10 heteroatoms. The van der Waals surface area contributed by atoms with Gasteiger partial charge in [0.2, 0.25) is 5.88 Å². The Hall–Kier alpha value is -3.14. The number of amides is 2. The van der Waals surface area contributed by atoms with Crippen LogP contribution in [0.1, 0.15) is 60.8 Å². The van der Waals surface area contributed by atoms with Crippen molar-refractivity contribution in [2.45, 2.75) is 58.7 Å². The number of aryl methyl sites for hydroxylation is 1. The van der Waals surface area contributed by atoms with Crippen LogP contribution < -0.4 is 10.1 Å². The molecule has 1 aliphatic rings. The Morgan fingerprint density at radius 1 is 1.34 bits per heavy atom. The van der Waals surface area contributed by atoms with Crippen LogP contribution in [0.4, 0.5) is 14.6 Å². The van der Waals surface area contributed by atoms with Crippen LogP contribution in [0.5, 0.6) is 5.88 Å². The SMILES string of the molecule is Cc1cc(C(C)N2Cc3c(ccnc3NC(=O)C(C)(C)O)C2=O)cnc1OCC(C)(F)F. The molecule has 2 aromatic heterocycles. The van der Waals surface area contributed by atoms with Crippen LogP contribution in [0, 0.1) is 6.92 Å². The largest absolute Gasteiger partial charge is 0.471 e. The van der Waals surface area contributed by atoms with E-state index in [0.717, 1.165) is 6.92 Å². The summed E-state index contributed by atoms with van der Waals surface area (Å²) in [5.74, 6) is -3.52. The van der Waals surface area contributed by atoms with Crippen molar-refractivity contribution in [2.75, 3.05) is 11.9 Å². The minimum absolute atomic E-state index is 0.110. The lowest BCUT2D eigenvalue weighted by Crippen LogP contribution is -2.37. The van der Waals surface area contributed by atoms with Gasteiger partial charge in [-0.2, -0.15) is 0 Å². The van der Waals surface area contributed by atoms with Gasteiger partial charge in [0.15, 0.2) is 6.61 Å². The van der Waals surface area contributed by atoms with Gasteiger partial charge in [0.05, 0.1) is 12.6 Å². The van der Waals surface area contributed by atoms with E-state index in [4.69, 9.17) is 4.74 Å². The van der Waals surface area contributed by atoms with Crippen molar-refractivity contribution >= 4 is 17.6 Å². The maximum Gasteiger partial charge on any atom is 0.278 e. The molecule has 8 nitrogen and oxygen atoms in total. The van der Waals surface area contributed by atoms with Crippen LogP contribution in [-0.4, -0.2) is 49.9 Å². The summed E-state index contributed by atoms with van der Waals surface area (Å²) in [6.45, 7) is 6.42. The summed E-state index contributed by atoms with van der Waals surface area (Å²) in [6, 6.07) is 2.93. The van der Waals surface area contributed by atoms with E-state index < -0.39 is 24.0 Å². The lowest BCUT2D eigenvalue weighted by Gasteiger charge is -2.25. The first-order chi connectivity index (χ1) is 14.8. The third kappa shape index (κ3) is 5.01. The van der Waals surface area contributed by atoms with Gasteiger partial charge in [-0.25, -0.2) is 18.7 Å². The van der Waals surface area contributed by atoms with E-state index in [0.29, 0.717) is 22.3 Å². The fourth-order valence-corrected chi connectivity index (χ4v) is 3.27. The van der Waals surface area contributed by atoms with Crippen molar-refractivity contribution in [1.29, 1.82) is 0 Å². The Morgan fingerprint density at radius 2 is 2.03 bits per heavy atom. The third-order valence-electron chi connectivity index (χ3n) is 5.13. The van der Waals surface area contributed by atoms with Crippen molar-refractivity contribution in [3.05, 3.63) is 46.8 Å². The maximum atomic E-state index is 13.1. The molecular weight excluding hydrogens is 422 g/mol. The molecule has 0 radical (unpaired) electrons. The quantitative estimate of drug-likeness (QED) is 0.674. The van der Waals surface area contributed by atoms with E-state index in [2.05, 4.69) is 15.3 Å². The average Bonchev–Trinajstić information content (AvgIpc) is 3.03. The number of nitrogens with zero attached hydrogens (tertiary/aromatic N) is 3. The molecule has 0 aliphatic carbocycles. The number of alkyl halides is 2. The van der Waals surface area contributed by atoms with Gasteiger partial charge in [-0.15, -0.1) is 0 Å². The molecule has 172 valence electrons. The second kappa shape index (κ2) is 8.42. The summed E-state index contributed by atoms with van der Waals surface area (Å²) < 4.78 is 31.2. The highest BCUT2D eigenvalue weighted by Crippen LogP contribution is 2.35. The molecule has 3 heterocycles. The second-order valence-electron chi connectivity index (χ2n) is 8.56. The number of carbonyl (C=O) groups excluding carboxylic acids is 2. The number of carbonyl (C=O) groups is 2. The minimum atomic E-state index is -2.97. The van der Waals surface area contributed by atoms with Crippen molar-refractivity contribution in [1.82, 2.24) is 14.9 Å². The predicted octanol–water partition coefficient (Wildman–Crippen LogP) is 3.25. The Bertz CT molecular complexity index is 1050. The molecule has 32 heavy (non-hydrogen) atoms. The molecule has 1 atom stereocenters. The molecule has 0 fully saturated rings. The molecule has 2 N–H and O–H groups in total. The van der Waals surface area contributed by atoms with Crippen LogP contribution in [-0.2, 0) is 11.3 Å². The summed E-state index contributed by atoms with van der Waals surface area (Å²) in [7, 11) is 0. The Kier molecular flexibility index (Phi) is 6.19. The highest BCUT2D eigenvalue weighted by atomic mass is 19.3. The number of rotatable bonds is 7. The van der Waals surface area contributed by atoms with E-state index in [9.17, 15) is 23.5 Å². The Balaban J connectivity index is 1.80. The molecular formula is C22H26F2N4O4. The van der Waals surface area contributed by atoms with Crippen molar-refractivity contribution in [3.63, 3.8) is 0 Å². The van der Waals surface area contributed by atoms with Gasteiger partial charge in [-0.1, -0.05) is 0 Å². The first-order valence-corrected chi connectivity index (χ1v) is 10.1. The van der Waals surface area contributed by atoms with Crippen LogP contribution in [0.25, 0.3) is 0 Å². The first-order valence-electron chi connectivity index (χ1n) is 10.1. The standard InChI is InChI=1S/C22H26F2N4O4/c1-12-8-14(9-26-18(12)32-11-22(5,23)24)13(2)28-10-16-15(19(28)29)6-7-25-17(16)27-20(30)21(3,4)31/h6-9,13,31H,10-11H2,1-5H3,(H,25,27,30). The van der Waals surface area contributed by atoms with Crippen LogP contribution in [0.15, 0.2) is 24.5 Å². The summed E-state index contributed by atoms with van der Waals surface area (Å²) in [5.41, 5.74) is 0.635. The van der Waals surface area contributed by atoms with E-state index in [1.54, 1.807) is 24.0 Å². The number of nitrogens with one attached hydrogen (secondary N) is 1. The molecule has 1 aliphatic heterocycles. The summed E-state index contributed by atoms with van der Waals surface area (Å²) in [5, 5.41) is 12.5. The van der Waals surface area contributed by atoms with Crippen LogP contribution in [0.3, 0.4) is 0 Å². The number of anilines is 1. The predicted molar refractivity (Wildman–Crippen MR) is 113 cm³/mol.